The number of anilines is 1. The molecule has 1 saturated heterocycles. The average Bonchev–Trinajstić information content (AvgIpc) is 2.88. The number of rotatable bonds is 2. The number of nitrogens with zero attached hydrogens (tertiary/aromatic N) is 5. The number of aryl methyl sites for hydroxylation is 1. The van der Waals surface area contributed by atoms with Crippen LogP contribution in [-0.2, 0) is 0 Å². The van der Waals surface area contributed by atoms with E-state index in [2.05, 4.69) is 19.9 Å². The molecule has 0 amide bonds. The molecular formula is C14H14ClN5S. The number of hydrogen-bond acceptors (Lipinski definition) is 6. The quantitative estimate of drug-likeness (QED) is 0.850. The zero-order valence-corrected chi connectivity index (χ0v) is 13.2. The second kappa shape index (κ2) is 5.96. The highest BCUT2D eigenvalue weighted by atomic mass is 35.5. The summed E-state index contributed by atoms with van der Waals surface area (Å²) in [6.07, 6.45) is 3.99. The fourth-order valence-electron chi connectivity index (χ4n) is 2.59. The normalized spacial score (nSPS) is 18.5. The van der Waals surface area contributed by atoms with Gasteiger partial charge < -0.3 is 4.90 Å². The number of aromatic nitrogens is 3. The van der Waals surface area contributed by atoms with Crippen molar-refractivity contribution in [1.29, 1.82) is 5.26 Å². The zero-order chi connectivity index (χ0) is 14.8. The molecule has 5 nitrogen and oxygen atoms in total. The summed E-state index contributed by atoms with van der Waals surface area (Å²) < 4.78 is 0.465. The topological polar surface area (TPSA) is 65.7 Å². The predicted octanol–water partition coefficient (Wildman–Crippen LogP) is 3.15. The van der Waals surface area contributed by atoms with Gasteiger partial charge in [0.1, 0.15) is 16.2 Å². The van der Waals surface area contributed by atoms with Gasteiger partial charge in [0.05, 0.1) is 0 Å². The van der Waals surface area contributed by atoms with Crippen LogP contribution in [0.15, 0.2) is 12.3 Å². The van der Waals surface area contributed by atoms with E-state index in [1.807, 2.05) is 25.3 Å². The van der Waals surface area contributed by atoms with E-state index in [-0.39, 0.29) is 0 Å². The Morgan fingerprint density at radius 2 is 2.33 bits per heavy atom. The summed E-state index contributed by atoms with van der Waals surface area (Å²) >= 11 is 7.40. The first kappa shape index (κ1) is 14.2. The molecule has 3 heterocycles. The molecule has 21 heavy (non-hydrogen) atoms. The fourth-order valence-corrected chi connectivity index (χ4v) is 3.66. The SMILES string of the molecule is Cc1nccc(C2CCCN(c3nc(C#N)c(Cl)s3)C2)n1. The predicted molar refractivity (Wildman–Crippen MR) is 82.8 cm³/mol. The van der Waals surface area contributed by atoms with Crippen molar-refractivity contribution in [2.24, 2.45) is 0 Å². The highest BCUT2D eigenvalue weighted by Gasteiger charge is 2.25. The van der Waals surface area contributed by atoms with Gasteiger partial charge in [0, 0.05) is 30.9 Å². The van der Waals surface area contributed by atoms with Gasteiger partial charge in [0.25, 0.3) is 0 Å². The Labute approximate surface area is 132 Å². The van der Waals surface area contributed by atoms with Gasteiger partial charge in [-0.05, 0) is 25.8 Å². The highest BCUT2D eigenvalue weighted by Crippen LogP contribution is 2.34. The van der Waals surface area contributed by atoms with Gasteiger partial charge >= 0.3 is 0 Å². The smallest absolute Gasteiger partial charge is 0.188 e. The fraction of sp³-hybridized carbons (Fsp3) is 0.429. The van der Waals surface area contributed by atoms with Crippen LogP contribution in [0.25, 0.3) is 0 Å². The van der Waals surface area contributed by atoms with E-state index in [4.69, 9.17) is 16.9 Å². The second-order valence-electron chi connectivity index (χ2n) is 5.04. The van der Waals surface area contributed by atoms with E-state index in [1.54, 1.807) is 0 Å². The maximum Gasteiger partial charge on any atom is 0.188 e. The van der Waals surface area contributed by atoms with Gasteiger partial charge in [-0.2, -0.15) is 5.26 Å². The molecule has 0 spiro atoms. The van der Waals surface area contributed by atoms with Gasteiger partial charge in [0.2, 0.25) is 0 Å². The first-order valence-electron chi connectivity index (χ1n) is 6.78. The van der Waals surface area contributed by atoms with Crippen molar-refractivity contribution >= 4 is 28.1 Å². The summed E-state index contributed by atoms with van der Waals surface area (Å²) in [6.45, 7) is 3.70. The lowest BCUT2D eigenvalue weighted by molar-refractivity contribution is 0.499. The molecule has 0 saturated carbocycles. The number of thiazole rings is 1. The van der Waals surface area contributed by atoms with Gasteiger partial charge in [-0.1, -0.05) is 22.9 Å². The number of hydrogen-bond donors (Lipinski definition) is 0. The third kappa shape index (κ3) is 2.99. The van der Waals surface area contributed by atoms with Crippen LogP contribution in [0.3, 0.4) is 0 Å². The summed E-state index contributed by atoms with van der Waals surface area (Å²) in [5.74, 6) is 1.17. The summed E-state index contributed by atoms with van der Waals surface area (Å²) in [7, 11) is 0. The van der Waals surface area contributed by atoms with E-state index >= 15 is 0 Å². The molecular weight excluding hydrogens is 306 g/mol. The third-order valence-corrected chi connectivity index (χ3v) is 4.90. The van der Waals surface area contributed by atoms with E-state index in [9.17, 15) is 0 Å². The van der Waals surface area contributed by atoms with Gasteiger partial charge in [-0.25, -0.2) is 15.0 Å². The van der Waals surface area contributed by atoms with Crippen molar-refractivity contribution in [3.8, 4) is 6.07 Å². The minimum absolute atomic E-state index is 0.316. The van der Waals surface area contributed by atoms with Crippen LogP contribution < -0.4 is 4.90 Å². The summed E-state index contributed by atoms with van der Waals surface area (Å²) in [5, 5.41) is 9.79. The van der Waals surface area contributed by atoms with Crippen LogP contribution in [0.1, 0.15) is 36.0 Å². The van der Waals surface area contributed by atoms with E-state index in [0.717, 1.165) is 42.6 Å². The van der Waals surface area contributed by atoms with E-state index in [1.165, 1.54) is 11.3 Å². The first-order valence-corrected chi connectivity index (χ1v) is 7.97. The first-order chi connectivity index (χ1) is 10.2. The van der Waals surface area contributed by atoms with E-state index < -0.39 is 0 Å². The summed E-state index contributed by atoms with van der Waals surface area (Å²) in [6, 6.07) is 4.01. The van der Waals surface area contributed by atoms with Crippen LogP contribution in [0.4, 0.5) is 5.13 Å². The van der Waals surface area contributed by atoms with Crippen molar-refractivity contribution in [3.05, 3.63) is 33.8 Å². The van der Waals surface area contributed by atoms with Crippen LogP contribution in [0, 0.1) is 18.3 Å². The number of halogens is 1. The molecule has 2 aromatic rings. The van der Waals surface area contributed by atoms with Crippen molar-refractivity contribution < 1.29 is 0 Å². The largest absolute Gasteiger partial charge is 0.347 e. The molecule has 1 aliphatic heterocycles. The number of nitriles is 1. The molecule has 7 heteroatoms. The molecule has 1 aliphatic rings. The minimum Gasteiger partial charge on any atom is -0.347 e. The third-order valence-electron chi connectivity index (χ3n) is 3.59. The van der Waals surface area contributed by atoms with E-state index in [0.29, 0.717) is 15.9 Å². The molecule has 1 atom stereocenters. The van der Waals surface area contributed by atoms with Crippen LogP contribution in [0.2, 0.25) is 4.34 Å². The average molecular weight is 320 g/mol. The molecule has 108 valence electrons. The minimum atomic E-state index is 0.316. The molecule has 0 radical (unpaired) electrons. The standard InChI is InChI=1S/C14H14ClN5S/c1-9-17-5-4-11(18-9)10-3-2-6-20(8-10)14-19-12(7-16)13(15)21-14/h4-5,10H,2-3,6,8H2,1H3. The van der Waals surface area contributed by atoms with Crippen molar-refractivity contribution in [1.82, 2.24) is 15.0 Å². The molecule has 1 unspecified atom stereocenters. The second-order valence-corrected chi connectivity index (χ2v) is 6.62. The molecule has 0 aromatic carbocycles. The van der Waals surface area contributed by atoms with Crippen molar-refractivity contribution in [3.63, 3.8) is 0 Å². The Balaban J connectivity index is 1.81. The zero-order valence-electron chi connectivity index (χ0n) is 11.6. The Kier molecular flexibility index (Phi) is 4.04. The lowest BCUT2D eigenvalue weighted by Crippen LogP contribution is -2.34. The molecule has 3 rings (SSSR count). The molecule has 1 fully saturated rings. The van der Waals surface area contributed by atoms with Gasteiger partial charge in [-0.15, -0.1) is 0 Å². The Bertz CT molecular complexity index is 693. The van der Waals surface area contributed by atoms with Gasteiger partial charge in [-0.3, -0.25) is 0 Å². The molecule has 0 bridgehead atoms. The Morgan fingerprint density at radius 1 is 1.48 bits per heavy atom. The molecule has 0 aliphatic carbocycles. The van der Waals surface area contributed by atoms with Crippen LogP contribution in [0.5, 0.6) is 0 Å². The Hall–Kier alpha value is -1.71. The van der Waals surface area contributed by atoms with Crippen LogP contribution in [-0.4, -0.2) is 28.0 Å². The van der Waals surface area contributed by atoms with Crippen molar-refractivity contribution in [2.75, 3.05) is 18.0 Å². The van der Waals surface area contributed by atoms with Crippen molar-refractivity contribution in [2.45, 2.75) is 25.7 Å². The lowest BCUT2D eigenvalue weighted by Gasteiger charge is -2.32. The maximum atomic E-state index is 8.96. The Morgan fingerprint density at radius 3 is 3.05 bits per heavy atom. The monoisotopic (exact) mass is 319 g/mol. The summed E-state index contributed by atoms with van der Waals surface area (Å²) in [5.41, 5.74) is 1.40. The number of piperidine rings is 1. The molecule has 2 aromatic heterocycles. The highest BCUT2D eigenvalue weighted by molar-refractivity contribution is 7.19. The maximum absolute atomic E-state index is 8.96. The van der Waals surface area contributed by atoms with Crippen LogP contribution >= 0.6 is 22.9 Å². The summed E-state index contributed by atoms with van der Waals surface area (Å²) in [4.78, 5) is 15.2. The van der Waals surface area contributed by atoms with Gasteiger partial charge in [0.15, 0.2) is 10.8 Å². The lowest BCUT2D eigenvalue weighted by atomic mass is 9.95. The molecule has 0 N–H and O–H groups in total.